The van der Waals surface area contributed by atoms with Crippen molar-refractivity contribution in [3.8, 4) is 39.8 Å². The molecule has 0 bridgehead atoms. The number of ether oxygens (including phenoxy) is 3. The molecule has 0 radical (unpaired) electrons. The Kier molecular flexibility index (Phi) is 13.7. The number of nitrogens with zero attached hydrogens (tertiary/aromatic N) is 7. The number of methoxy groups -OCH3 is 3. The summed E-state index contributed by atoms with van der Waals surface area (Å²) in [6.07, 6.45) is 0.00165. The lowest BCUT2D eigenvalue weighted by molar-refractivity contribution is 0.119. The number of tetrazole rings is 1. The molecule has 1 fully saturated rings. The van der Waals surface area contributed by atoms with Crippen molar-refractivity contribution in [2.24, 2.45) is 0 Å². The third-order valence-electron chi connectivity index (χ3n) is 11.5. The fourth-order valence-corrected chi connectivity index (χ4v) is 12.8. The highest BCUT2D eigenvalue weighted by atomic mass is 32.2. The zero-order valence-corrected chi connectivity index (χ0v) is 40.1. The number of sulfonamides is 2. The number of carboxylic acid groups (broad SMARTS) is 1. The molecule has 69 heavy (non-hydrogen) atoms. The molecule has 1 saturated heterocycles. The minimum Gasteiger partial charge on any atom is -0.497 e. The van der Waals surface area contributed by atoms with Gasteiger partial charge in [0, 0.05) is 37.9 Å². The van der Waals surface area contributed by atoms with Crippen LogP contribution < -0.4 is 18.9 Å². The maximum atomic E-state index is 16.2. The van der Waals surface area contributed by atoms with Gasteiger partial charge < -0.3 is 24.2 Å². The van der Waals surface area contributed by atoms with E-state index >= 15 is 16.8 Å². The molecule has 0 unspecified atom stereocenters. The van der Waals surface area contributed by atoms with Crippen LogP contribution in [0.2, 0.25) is 0 Å². The quantitative estimate of drug-likeness (QED) is 0.0985. The van der Waals surface area contributed by atoms with E-state index in [1.54, 1.807) is 84.9 Å². The van der Waals surface area contributed by atoms with E-state index in [0.717, 1.165) is 20.8 Å². The lowest BCUT2D eigenvalue weighted by Crippen LogP contribution is -2.56. The van der Waals surface area contributed by atoms with Gasteiger partial charge in [0.15, 0.2) is 15.7 Å². The highest BCUT2D eigenvalue weighted by Gasteiger charge is 2.45. The molecule has 0 spiro atoms. The molecule has 3 heterocycles. The molecule has 1 aliphatic rings. The number of likely N-dealkylation sites (tertiary alicyclic amines) is 1. The van der Waals surface area contributed by atoms with Crippen molar-refractivity contribution < 1.29 is 49.4 Å². The number of hydrogen-bond donors (Lipinski definition) is 2. The Morgan fingerprint density at radius 3 is 1.81 bits per heavy atom. The van der Waals surface area contributed by atoms with Crippen LogP contribution in [0, 0.1) is 6.92 Å². The first kappa shape index (κ1) is 48.1. The molecular formula is C47H46N8O11S3. The van der Waals surface area contributed by atoms with Crippen molar-refractivity contribution in [2.75, 3.05) is 39.1 Å². The Bertz CT molecular complexity index is 3280. The largest absolute Gasteiger partial charge is 0.497 e. The van der Waals surface area contributed by atoms with Crippen LogP contribution in [0.15, 0.2) is 142 Å². The molecule has 0 aliphatic carbocycles. The third-order valence-corrected chi connectivity index (χ3v) is 17.0. The Labute approximate surface area is 398 Å². The van der Waals surface area contributed by atoms with E-state index in [9.17, 15) is 18.3 Å². The third kappa shape index (κ3) is 10.1. The van der Waals surface area contributed by atoms with Gasteiger partial charge in [0.05, 0.1) is 43.2 Å². The van der Waals surface area contributed by atoms with Crippen molar-refractivity contribution in [1.29, 1.82) is 0 Å². The standard InChI is InChI=1S/C47H46N8O11S3/c1-31-7-21-38(22-8-31)68(60,61)50-45-41(6-5-25-48-45)40-23-24-42(67(58,59)39-29-53(30-39)47(56)57)44(43(40)46-49-51-52-55(46)28-34-13-19-37(66-4)20-14-34)69(62,63)54(26-32-9-15-35(64-2)16-10-32)27-33-11-17-36(65-3)18-12-33/h5-25,39H,26-30H2,1-4H3,(H,48,50)(H,56,57). The van der Waals surface area contributed by atoms with Gasteiger partial charge in [0.1, 0.15) is 33.2 Å². The summed E-state index contributed by atoms with van der Waals surface area (Å²) in [4.78, 5) is 15.8. The zero-order valence-electron chi connectivity index (χ0n) is 37.6. The summed E-state index contributed by atoms with van der Waals surface area (Å²) in [5, 5.41) is 21.0. The SMILES string of the molecule is COc1ccc(CN(Cc2ccc(OC)cc2)S(=O)(=O)c2c(S(=O)(=O)C3CN(C(=O)O)C3)ccc(-c3cccnc3NS(=O)(=O)c3ccc(C)cc3)c2-c2nnnn2Cc2ccc(OC)cc2)cc1. The number of rotatable bonds is 18. The van der Waals surface area contributed by atoms with Crippen molar-refractivity contribution in [3.05, 3.63) is 150 Å². The van der Waals surface area contributed by atoms with Gasteiger partial charge in [-0.15, -0.1) is 5.10 Å². The summed E-state index contributed by atoms with van der Waals surface area (Å²) in [5.41, 5.74) is 2.21. The molecule has 8 rings (SSSR count). The average molecular weight is 995 g/mol. The first-order chi connectivity index (χ1) is 33.0. The van der Waals surface area contributed by atoms with Gasteiger partial charge in [-0.1, -0.05) is 60.2 Å². The molecule has 1 amide bonds. The minimum atomic E-state index is -5.09. The van der Waals surface area contributed by atoms with Crippen molar-refractivity contribution in [2.45, 2.75) is 46.5 Å². The van der Waals surface area contributed by atoms with Crippen molar-refractivity contribution in [1.82, 2.24) is 34.4 Å². The number of anilines is 1. The van der Waals surface area contributed by atoms with Gasteiger partial charge in [-0.3, -0.25) is 4.72 Å². The van der Waals surface area contributed by atoms with Gasteiger partial charge in [-0.05, 0) is 106 Å². The summed E-state index contributed by atoms with van der Waals surface area (Å²) in [6.45, 7) is 0.310. The Morgan fingerprint density at radius 2 is 1.28 bits per heavy atom. The van der Waals surface area contributed by atoms with E-state index in [-0.39, 0.29) is 52.9 Å². The van der Waals surface area contributed by atoms with E-state index in [2.05, 4.69) is 25.2 Å². The highest BCUT2D eigenvalue weighted by molar-refractivity contribution is 7.94. The molecule has 1 aliphatic heterocycles. The van der Waals surface area contributed by atoms with Crippen LogP contribution >= 0.6 is 0 Å². The summed E-state index contributed by atoms with van der Waals surface area (Å²) in [5.74, 6) is 1.15. The molecule has 19 nitrogen and oxygen atoms in total. The van der Waals surface area contributed by atoms with E-state index < -0.39 is 64.1 Å². The van der Waals surface area contributed by atoms with Crippen LogP contribution in [-0.2, 0) is 49.5 Å². The molecule has 22 heteroatoms. The molecule has 5 aromatic carbocycles. The first-order valence-corrected chi connectivity index (χ1v) is 25.6. The Morgan fingerprint density at radius 1 is 0.725 bits per heavy atom. The number of sulfone groups is 1. The maximum Gasteiger partial charge on any atom is 0.407 e. The fourth-order valence-electron chi connectivity index (χ4n) is 7.69. The van der Waals surface area contributed by atoms with Crippen LogP contribution in [0.25, 0.3) is 22.5 Å². The lowest BCUT2D eigenvalue weighted by Gasteiger charge is -2.37. The number of aryl methyl sites for hydroxylation is 1. The van der Waals surface area contributed by atoms with Gasteiger partial charge >= 0.3 is 6.09 Å². The van der Waals surface area contributed by atoms with E-state index in [4.69, 9.17) is 14.2 Å². The normalized spacial score (nSPS) is 13.2. The second kappa shape index (κ2) is 19.7. The number of carbonyl (C=O) groups is 1. The molecular weight excluding hydrogens is 949 g/mol. The molecule has 0 atom stereocenters. The highest BCUT2D eigenvalue weighted by Crippen LogP contribution is 2.45. The maximum absolute atomic E-state index is 16.2. The van der Waals surface area contributed by atoms with Crippen molar-refractivity contribution in [3.63, 3.8) is 0 Å². The van der Waals surface area contributed by atoms with Gasteiger partial charge in [-0.25, -0.2) is 39.7 Å². The van der Waals surface area contributed by atoms with Crippen LogP contribution in [0.4, 0.5) is 10.6 Å². The van der Waals surface area contributed by atoms with Crippen LogP contribution in [-0.4, -0.2) is 111 Å². The van der Waals surface area contributed by atoms with E-state index in [0.29, 0.717) is 33.9 Å². The van der Waals surface area contributed by atoms with Crippen LogP contribution in [0.1, 0.15) is 22.3 Å². The molecule has 2 N–H and O–H groups in total. The molecule has 0 saturated carbocycles. The average Bonchev–Trinajstić information content (AvgIpc) is 3.78. The summed E-state index contributed by atoms with van der Waals surface area (Å²) >= 11 is 0. The molecule has 2 aromatic heterocycles. The van der Waals surface area contributed by atoms with E-state index in [1.807, 2.05) is 6.92 Å². The summed E-state index contributed by atoms with van der Waals surface area (Å²) in [6, 6.07) is 31.9. The second-order valence-corrected chi connectivity index (χ2v) is 21.7. The fraction of sp³-hybridized carbons (Fsp3) is 0.213. The second-order valence-electron chi connectivity index (χ2n) is 16.0. The van der Waals surface area contributed by atoms with Gasteiger partial charge in [0.2, 0.25) is 10.0 Å². The Balaban J connectivity index is 1.42. The van der Waals surface area contributed by atoms with Crippen LogP contribution in [0.3, 0.4) is 0 Å². The number of aromatic nitrogens is 5. The van der Waals surface area contributed by atoms with Gasteiger partial charge in [-0.2, -0.15) is 4.31 Å². The van der Waals surface area contributed by atoms with Crippen molar-refractivity contribution >= 4 is 41.8 Å². The predicted molar refractivity (Wildman–Crippen MR) is 254 cm³/mol. The number of hydrogen-bond acceptors (Lipinski definition) is 14. The first-order valence-electron chi connectivity index (χ1n) is 21.1. The smallest absolute Gasteiger partial charge is 0.407 e. The Hall–Kier alpha value is -7.40. The number of benzene rings is 5. The topological polar surface area (TPSA) is 242 Å². The zero-order chi connectivity index (χ0) is 49.1. The monoisotopic (exact) mass is 994 g/mol. The minimum absolute atomic E-state index is 0.0115. The lowest BCUT2D eigenvalue weighted by atomic mass is 9.99. The van der Waals surface area contributed by atoms with Gasteiger partial charge in [0.25, 0.3) is 10.0 Å². The summed E-state index contributed by atoms with van der Waals surface area (Å²) < 4.78 is 112. The number of amides is 1. The van der Waals surface area contributed by atoms with E-state index in [1.165, 1.54) is 62.5 Å². The summed E-state index contributed by atoms with van der Waals surface area (Å²) in [7, 11) is -9.63. The molecule has 7 aromatic rings. The number of nitrogens with one attached hydrogen (secondary N) is 1. The predicted octanol–water partition coefficient (Wildman–Crippen LogP) is 6.11. The number of pyridine rings is 1. The molecule has 358 valence electrons. The van der Waals surface area contributed by atoms with Crippen LogP contribution in [0.5, 0.6) is 17.2 Å².